The molecule has 0 bridgehead atoms. The number of hydrogen-bond acceptors (Lipinski definition) is 0. The van der Waals surface area contributed by atoms with Crippen molar-refractivity contribution in [2.24, 2.45) is 0 Å². The summed E-state index contributed by atoms with van der Waals surface area (Å²) in [6, 6.07) is 10.5. The van der Waals surface area contributed by atoms with Crippen LogP contribution in [0.2, 0.25) is 0 Å². The van der Waals surface area contributed by atoms with Crippen LogP contribution in [0.5, 0.6) is 0 Å². The molecule has 0 saturated heterocycles. The Kier molecular flexibility index (Phi) is 27.1. The van der Waals surface area contributed by atoms with Crippen molar-refractivity contribution in [3.63, 3.8) is 0 Å². The van der Waals surface area contributed by atoms with E-state index in [4.69, 9.17) is 0 Å². The Balaban J connectivity index is -0.000000128. The second-order valence-electron chi connectivity index (χ2n) is 2.99. The molecule has 0 unspecified atom stereocenters. The Morgan fingerprint density at radius 2 is 1.12 bits per heavy atom. The molecule has 1 heteroatoms. The molecule has 0 radical (unpaired) electrons. The van der Waals surface area contributed by atoms with Gasteiger partial charge in [0.25, 0.3) is 0 Å². The molecule has 0 saturated carbocycles. The Labute approximate surface area is 125 Å². The molecule has 17 heavy (non-hydrogen) atoms. The molecule has 0 aromatic heterocycles. The molecule has 1 aromatic carbocycles. The van der Waals surface area contributed by atoms with Crippen LogP contribution in [0.15, 0.2) is 35.9 Å². The predicted molar refractivity (Wildman–Crippen MR) is 79.5 cm³/mol. The van der Waals surface area contributed by atoms with Crippen LogP contribution in [0.3, 0.4) is 0 Å². The molecule has 1 rings (SSSR count). The number of allylic oxidation sites excluding steroid dienone is 2. The minimum absolute atomic E-state index is 0. The van der Waals surface area contributed by atoms with Gasteiger partial charge >= 0.3 is 22.4 Å². The van der Waals surface area contributed by atoms with Crippen LogP contribution >= 0.6 is 0 Å². The molecule has 0 aliphatic carbocycles. The van der Waals surface area contributed by atoms with Crippen LogP contribution in [-0.4, -0.2) is 0 Å². The van der Waals surface area contributed by atoms with Gasteiger partial charge in [-0.1, -0.05) is 63.6 Å². The zero-order valence-electron chi connectivity index (χ0n) is 12.7. The minimum atomic E-state index is 0. The fraction of sp³-hybridized carbons (Fsp3) is 0.438. The second kappa shape index (κ2) is 18.1. The zero-order chi connectivity index (χ0) is 12.3. The summed E-state index contributed by atoms with van der Waals surface area (Å²) >= 11 is 0. The average Bonchev–Trinajstić information content (AvgIpc) is 2.34. The largest absolute Gasteiger partial charge is 1.00 e. The van der Waals surface area contributed by atoms with Crippen molar-refractivity contribution in [2.75, 3.05) is 0 Å². The van der Waals surface area contributed by atoms with Crippen molar-refractivity contribution in [3.8, 4) is 0 Å². The maximum Gasteiger partial charge on any atom is 1.00 e. The number of rotatable bonds is 1. The van der Waals surface area contributed by atoms with E-state index >= 15 is 0 Å². The van der Waals surface area contributed by atoms with Gasteiger partial charge in [-0.25, -0.2) is 0 Å². The second-order valence-corrected chi connectivity index (χ2v) is 2.99. The van der Waals surface area contributed by atoms with Crippen LogP contribution in [0, 0.1) is 7.43 Å². The molecule has 0 amide bonds. The minimum Gasteiger partial charge on any atom is -0.358 e. The summed E-state index contributed by atoms with van der Waals surface area (Å²) in [7, 11) is 0. The quantitative estimate of drug-likeness (QED) is 0.438. The first kappa shape index (κ1) is 25.5. The van der Waals surface area contributed by atoms with E-state index in [2.05, 4.69) is 45.0 Å². The Morgan fingerprint density at radius 1 is 0.765 bits per heavy atom. The average molecular weight is 329 g/mol. The van der Waals surface area contributed by atoms with E-state index in [1.54, 1.807) is 0 Å². The fourth-order valence-corrected chi connectivity index (χ4v) is 0.977. The first-order chi connectivity index (χ1) is 7.22. The fourth-order valence-electron chi connectivity index (χ4n) is 0.977. The van der Waals surface area contributed by atoms with Crippen LogP contribution in [0.25, 0.3) is 5.57 Å². The van der Waals surface area contributed by atoms with Crippen LogP contribution in [-0.2, 0) is 22.4 Å². The zero-order valence-corrected chi connectivity index (χ0v) is 14.2. The predicted octanol–water partition coefficient (Wildman–Crippen LogP) is 6.00. The van der Waals surface area contributed by atoms with Crippen LogP contribution < -0.4 is 0 Å². The van der Waals surface area contributed by atoms with Gasteiger partial charge in [0.1, 0.15) is 0 Å². The molecule has 0 aliphatic heterocycles. The van der Waals surface area contributed by atoms with E-state index in [-0.39, 0.29) is 29.8 Å². The van der Waals surface area contributed by atoms with E-state index in [0.29, 0.717) is 0 Å². The van der Waals surface area contributed by atoms with Crippen molar-refractivity contribution in [1.82, 2.24) is 0 Å². The summed E-state index contributed by atoms with van der Waals surface area (Å²) in [6.07, 6.45) is 0. The normalized spacial score (nSPS) is 6.76. The standard InChI is InChI=1S/C11H14.2C2H6.CH3.Ag/c1-9(2)10(3)11-7-5-4-6-8-11;2*1-2;;/h4-8H,1-3H3;2*1-2H3;1H3;/q;;;-1;+1. The molecule has 104 valence electrons. The van der Waals surface area contributed by atoms with Gasteiger partial charge in [0.05, 0.1) is 0 Å². The van der Waals surface area contributed by atoms with Crippen molar-refractivity contribution < 1.29 is 22.4 Å². The molecule has 0 nitrogen and oxygen atoms in total. The third-order valence-electron chi connectivity index (χ3n) is 1.96. The first-order valence-corrected chi connectivity index (χ1v) is 5.91. The number of hydrogen-bond donors (Lipinski definition) is 0. The molecule has 1 aromatic rings. The molecule has 0 fully saturated rings. The van der Waals surface area contributed by atoms with Gasteiger partial charge in [-0.15, -0.1) is 0 Å². The third kappa shape index (κ3) is 12.0. The molecule has 0 atom stereocenters. The van der Waals surface area contributed by atoms with Gasteiger partial charge < -0.3 is 7.43 Å². The van der Waals surface area contributed by atoms with E-state index in [9.17, 15) is 0 Å². The molecule has 0 N–H and O–H groups in total. The summed E-state index contributed by atoms with van der Waals surface area (Å²) < 4.78 is 0. The van der Waals surface area contributed by atoms with Gasteiger partial charge in [0.15, 0.2) is 0 Å². The maximum atomic E-state index is 2.16. The van der Waals surface area contributed by atoms with Gasteiger partial charge in [0.2, 0.25) is 0 Å². The Bertz CT molecular complexity index is 256. The van der Waals surface area contributed by atoms with Gasteiger partial charge in [-0.05, 0) is 31.9 Å². The topological polar surface area (TPSA) is 0 Å². The molecular weight excluding hydrogens is 300 g/mol. The van der Waals surface area contributed by atoms with Crippen LogP contribution in [0.4, 0.5) is 0 Å². The molecule has 0 heterocycles. The first-order valence-electron chi connectivity index (χ1n) is 5.91. The molecule has 0 spiro atoms. The van der Waals surface area contributed by atoms with Crippen molar-refractivity contribution >= 4 is 5.57 Å². The summed E-state index contributed by atoms with van der Waals surface area (Å²) in [5.41, 5.74) is 4.09. The van der Waals surface area contributed by atoms with Crippen LogP contribution in [0.1, 0.15) is 54.0 Å². The van der Waals surface area contributed by atoms with E-state index in [1.807, 2.05) is 33.8 Å². The number of benzene rings is 1. The maximum absolute atomic E-state index is 2.16. The van der Waals surface area contributed by atoms with Gasteiger partial charge in [-0.2, -0.15) is 0 Å². The SMILES string of the molecule is CC.CC.CC(C)=C(C)c1ccccc1.[Ag+].[CH3-]. The summed E-state index contributed by atoms with van der Waals surface area (Å²) in [5.74, 6) is 0. The smallest absolute Gasteiger partial charge is 0.358 e. The van der Waals surface area contributed by atoms with Crippen molar-refractivity contribution in [2.45, 2.75) is 48.5 Å². The Morgan fingerprint density at radius 3 is 1.41 bits per heavy atom. The Hall–Kier alpha value is -0.300. The monoisotopic (exact) mass is 328 g/mol. The van der Waals surface area contributed by atoms with E-state index in [0.717, 1.165) is 0 Å². The summed E-state index contributed by atoms with van der Waals surface area (Å²) in [4.78, 5) is 0. The van der Waals surface area contributed by atoms with Gasteiger partial charge in [-0.3, -0.25) is 0 Å². The van der Waals surface area contributed by atoms with E-state index < -0.39 is 0 Å². The molecule has 0 aliphatic rings. The van der Waals surface area contributed by atoms with E-state index in [1.165, 1.54) is 16.7 Å². The van der Waals surface area contributed by atoms with Crippen molar-refractivity contribution in [1.29, 1.82) is 0 Å². The van der Waals surface area contributed by atoms with Crippen molar-refractivity contribution in [3.05, 3.63) is 48.9 Å². The summed E-state index contributed by atoms with van der Waals surface area (Å²) in [6.45, 7) is 14.4. The summed E-state index contributed by atoms with van der Waals surface area (Å²) in [5, 5.41) is 0. The van der Waals surface area contributed by atoms with Gasteiger partial charge in [0, 0.05) is 0 Å². The molecular formula is C16H29Ag. The third-order valence-corrected chi connectivity index (χ3v) is 1.96.